The monoisotopic (exact) mass is 220 g/mol. The number of amides is 2. The van der Waals surface area contributed by atoms with Gasteiger partial charge in [0.05, 0.1) is 0 Å². The fourth-order valence-electron chi connectivity index (χ4n) is 0.967. The van der Waals surface area contributed by atoms with Crippen molar-refractivity contribution in [3.8, 4) is 0 Å². The van der Waals surface area contributed by atoms with Crippen LogP contribution in [0.1, 0.15) is 21.0 Å². The summed E-state index contributed by atoms with van der Waals surface area (Å²) in [6.07, 6.45) is 3.31. The number of aromatic nitrogens is 2. The van der Waals surface area contributed by atoms with Crippen molar-refractivity contribution in [3.05, 3.63) is 48.0 Å². The topological polar surface area (TPSA) is 118 Å². The molecule has 0 spiro atoms. The molecular weight excluding hydrogens is 208 g/mol. The zero-order valence-electron chi connectivity index (χ0n) is 8.44. The van der Waals surface area contributed by atoms with Crippen LogP contribution in [0.5, 0.6) is 0 Å². The zero-order valence-corrected chi connectivity index (χ0v) is 8.44. The molecule has 2 aromatic rings. The van der Waals surface area contributed by atoms with E-state index in [-0.39, 0.29) is 0 Å². The molecule has 0 aliphatic rings. The van der Waals surface area contributed by atoms with E-state index in [9.17, 15) is 9.59 Å². The van der Waals surface area contributed by atoms with E-state index in [4.69, 9.17) is 11.5 Å². The predicted octanol–water partition coefficient (Wildman–Crippen LogP) is 0.227. The van der Waals surface area contributed by atoms with E-state index in [1.54, 1.807) is 36.7 Å². The maximum atomic E-state index is 10.3. The molecule has 0 aromatic carbocycles. The number of hydrogen-bond donors (Lipinski definition) is 4. The molecule has 2 heterocycles. The van der Waals surface area contributed by atoms with Gasteiger partial charge in [0.25, 0.3) is 11.8 Å². The summed E-state index contributed by atoms with van der Waals surface area (Å²) in [5.41, 5.74) is 10.7. The SMILES string of the molecule is NC(=O)c1ccc[nH]1.NC(=O)c1ccc[nH]1. The van der Waals surface area contributed by atoms with E-state index < -0.39 is 11.8 Å². The Bertz CT molecular complexity index is 401. The Labute approximate surface area is 91.6 Å². The highest BCUT2D eigenvalue weighted by Gasteiger charge is 1.96. The molecule has 6 nitrogen and oxygen atoms in total. The van der Waals surface area contributed by atoms with Crippen molar-refractivity contribution < 1.29 is 9.59 Å². The quantitative estimate of drug-likeness (QED) is 0.579. The van der Waals surface area contributed by atoms with Crippen LogP contribution < -0.4 is 11.5 Å². The lowest BCUT2D eigenvalue weighted by atomic mass is 10.4. The maximum Gasteiger partial charge on any atom is 0.265 e. The number of nitrogens with one attached hydrogen (secondary N) is 2. The zero-order chi connectivity index (χ0) is 12.0. The Hall–Kier alpha value is -2.50. The van der Waals surface area contributed by atoms with Gasteiger partial charge >= 0.3 is 0 Å². The summed E-state index contributed by atoms with van der Waals surface area (Å²) in [5, 5.41) is 0. The predicted molar refractivity (Wildman–Crippen MR) is 58.6 cm³/mol. The second-order valence-electron chi connectivity index (χ2n) is 2.90. The van der Waals surface area contributed by atoms with Gasteiger partial charge in [0.2, 0.25) is 0 Å². The largest absolute Gasteiger partial charge is 0.364 e. The fraction of sp³-hybridized carbons (Fsp3) is 0. The number of hydrogen-bond acceptors (Lipinski definition) is 2. The summed E-state index contributed by atoms with van der Waals surface area (Å²) in [7, 11) is 0. The lowest BCUT2D eigenvalue weighted by Crippen LogP contribution is -2.10. The number of primary amides is 2. The Morgan fingerprint density at radius 2 is 1.25 bits per heavy atom. The minimum Gasteiger partial charge on any atom is -0.364 e. The summed E-state index contributed by atoms with van der Waals surface area (Å²) >= 11 is 0. The molecule has 0 unspecified atom stereocenters. The number of carbonyl (C=O) groups excluding carboxylic acids is 2. The Kier molecular flexibility index (Phi) is 3.90. The average Bonchev–Trinajstić information content (AvgIpc) is 2.93. The van der Waals surface area contributed by atoms with Crippen LogP contribution in [0.3, 0.4) is 0 Å². The van der Waals surface area contributed by atoms with Crippen molar-refractivity contribution in [1.82, 2.24) is 9.97 Å². The van der Waals surface area contributed by atoms with Crippen molar-refractivity contribution in [3.63, 3.8) is 0 Å². The van der Waals surface area contributed by atoms with E-state index in [0.29, 0.717) is 11.4 Å². The molecule has 0 fully saturated rings. The van der Waals surface area contributed by atoms with Crippen molar-refractivity contribution >= 4 is 11.8 Å². The van der Waals surface area contributed by atoms with Gasteiger partial charge in [0, 0.05) is 12.4 Å². The number of aromatic amines is 2. The molecule has 16 heavy (non-hydrogen) atoms. The van der Waals surface area contributed by atoms with E-state index >= 15 is 0 Å². The van der Waals surface area contributed by atoms with Crippen LogP contribution in [0.15, 0.2) is 36.7 Å². The normalized spacial score (nSPS) is 9.00. The number of nitrogens with two attached hydrogens (primary N) is 2. The molecule has 0 aliphatic carbocycles. The summed E-state index contributed by atoms with van der Waals surface area (Å²) in [6.45, 7) is 0. The molecule has 0 radical (unpaired) electrons. The van der Waals surface area contributed by atoms with Gasteiger partial charge in [-0.2, -0.15) is 0 Å². The molecule has 0 bridgehead atoms. The summed E-state index contributed by atoms with van der Waals surface area (Å²) in [4.78, 5) is 25.8. The van der Waals surface area contributed by atoms with Crippen molar-refractivity contribution in [1.29, 1.82) is 0 Å². The van der Waals surface area contributed by atoms with E-state index in [2.05, 4.69) is 9.97 Å². The summed E-state index contributed by atoms with van der Waals surface area (Å²) in [6, 6.07) is 6.70. The smallest absolute Gasteiger partial charge is 0.265 e. The molecule has 0 atom stereocenters. The molecule has 0 saturated heterocycles. The summed E-state index contributed by atoms with van der Waals surface area (Å²) < 4.78 is 0. The molecule has 0 aliphatic heterocycles. The Balaban J connectivity index is 0.000000160. The van der Waals surface area contributed by atoms with Crippen LogP contribution in [0.25, 0.3) is 0 Å². The third kappa shape index (κ3) is 3.33. The van der Waals surface area contributed by atoms with Gasteiger partial charge in [-0.25, -0.2) is 0 Å². The van der Waals surface area contributed by atoms with E-state index in [0.717, 1.165) is 0 Å². The summed E-state index contributed by atoms with van der Waals surface area (Å²) in [5.74, 6) is -0.843. The lowest BCUT2D eigenvalue weighted by molar-refractivity contribution is 0.0988. The van der Waals surface area contributed by atoms with Crippen LogP contribution in [-0.2, 0) is 0 Å². The average molecular weight is 220 g/mol. The van der Waals surface area contributed by atoms with E-state index in [1.807, 2.05) is 0 Å². The Morgan fingerprint density at radius 1 is 0.875 bits per heavy atom. The first-order chi connectivity index (χ1) is 7.61. The molecule has 2 rings (SSSR count). The van der Waals surface area contributed by atoms with Crippen LogP contribution in [0.4, 0.5) is 0 Å². The first kappa shape index (κ1) is 11.6. The Morgan fingerprint density at radius 3 is 1.38 bits per heavy atom. The second kappa shape index (κ2) is 5.40. The van der Waals surface area contributed by atoms with Crippen LogP contribution >= 0.6 is 0 Å². The van der Waals surface area contributed by atoms with Crippen molar-refractivity contribution in [2.24, 2.45) is 11.5 Å². The first-order valence-corrected chi connectivity index (χ1v) is 4.47. The van der Waals surface area contributed by atoms with Gasteiger partial charge in [-0.15, -0.1) is 0 Å². The van der Waals surface area contributed by atoms with E-state index in [1.165, 1.54) is 0 Å². The van der Waals surface area contributed by atoms with Gasteiger partial charge in [0.1, 0.15) is 11.4 Å². The fourth-order valence-corrected chi connectivity index (χ4v) is 0.967. The number of H-pyrrole nitrogens is 2. The minimum atomic E-state index is -0.421. The third-order valence-corrected chi connectivity index (χ3v) is 1.73. The molecule has 0 saturated carbocycles. The first-order valence-electron chi connectivity index (χ1n) is 4.47. The molecule has 2 aromatic heterocycles. The molecule has 84 valence electrons. The highest BCUT2D eigenvalue weighted by atomic mass is 16.1. The number of rotatable bonds is 2. The number of carbonyl (C=O) groups is 2. The minimum absolute atomic E-state index is 0.421. The van der Waals surface area contributed by atoms with Gasteiger partial charge in [-0.05, 0) is 24.3 Å². The van der Waals surface area contributed by atoms with Crippen LogP contribution in [0, 0.1) is 0 Å². The van der Waals surface area contributed by atoms with Gasteiger partial charge in [-0.1, -0.05) is 0 Å². The van der Waals surface area contributed by atoms with Crippen LogP contribution in [0.2, 0.25) is 0 Å². The van der Waals surface area contributed by atoms with Crippen molar-refractivity contribution in [2.45, 2.75) is 0 Å². The van der Waals surface area contributed by atoms with Gasteiger partial charge in [0.15, 0.2) is 0 Å². The van der Waals surface area contributed by atoms with Crippen molar-refractivity contribution in [2.75, 3.05) is 0 Å². The molecule has 6 heteroatoms. The highest BCUT2D eigenvalue weighted by molar-refractivity contribution is 5.91. The molecule has 6 N–H and O–H groups in total. The lowest BCUT2D eigenvalue weighted by Gasteiger charge is -1.82. The van der Waals surface area contributed by atoms with Gasteiger partial charge < -0.3 is 21.4 Å². The molecule has 2 amide bonds. The standard InChI is InChI=1S/2C5H6N2O/c2*6-5(8)4-2-1-3-7-4/h2*1-3,7H,(H2,6,8). The van der Waals surface area contributed by atoms with Crippen LogP contribution in [-0.4, -0.2) is 21.8 Å². The third-order valence-electron chi connectivity index (χ3n) is 1.73. The van der Waals surface area contributed by atoms with Gasteiger partial charge in [-0.3, -0.25) is 9.59 Å². The molecular formula is C10H12N4O2. The highest BCUT2D eigenvalue weighted by Crippen LogP contribution is 1.90. The maximum absolute atomic E-state index is 10.3. The second-order valence-corrected chi connectivity index (χ2v) is 2.90.